The molecule has 3 aromatic rings. The van der Waals surface area contributed by atoms with E-state index in [4.69, 9.17) is 23.2 Å². The van der Waals surface area contributed by atoms with E-state index in [0.29, 0.717) is 10.7 Å². The van der Waals surface area contributed by atoms with Gasteiger partial charge in [-0.05, 0) is 49.4 Å². The van der Waals surface area contributed by atoms with Crippen LogP contribution in [0.1, 0.15) is 5.56 Å². The van der Waals surface area contributed by atoms with Crippen molar-refractivity contribution in [2.24, 2.45) is 0 Å². The molecule has 9 heteroatoms. The Morgan fingerprint density at radius 3 is 2.30 bits per heavy atom. The summed E-state index contributed by atoms with van der Waals surface area (Å²) in [4.78, 5) is 12.6. The van der Waals surface area contributed by atoms with Crippen LogP contribution < -0.4 is 9.62 Å². The van der Waals surface area contributed by atoms with Crippen LogP contribution in [0, 0.1) is 12.7 Å². The number of hydrogen-bond acceptors (Lipinski definition) is 3. The summed E-state index contributed by atoms with van der Waals surface area (Å²) >= 11 is 11.8. The number of amides is 1. The molecule has 0 fully saturated rings. The van der Waals surface area contributed by atoms with Crippen molar-refractivity contribution in [1.82, 2.24) is 0 Å². The predicted octanol–water partition coefficient (Wildman–Crippen LogP) is 5.27. The summed E-state index contributed by atoms with van der Waals surface area (Å²) in [7, 11) is -4.21. The average Bonchev–Trinajstić information content (AvgIpc) is 2.70. The van der Waals surface area contributed by atoms with E-state index in [-0.39, 0.29) is 15.6 Å². The highest BCUT2D eigenvalue weighted by Gasteiger charge is 2.29. The van der Waals surface area contributed by atoms with Gasteiger partial charge in [0.1, 0.15) is 12.4 Å². The number of sulfonamides is 1. The first-order valence-electron chi connectivity index (χ1n) is 8.77. The molecule has 0 atom stereocenters. The topological polar surface area (TPSA) is 66.5 Å². The van der Waals surface area contributed by atoms with E-state index < -0.39 is 28.3 Å². The number of nitrogens with zero attached hydrogens (tertiary/aromatic N) is 1. The fourth-order valence-electron chi connectivity index (χ4n) is 2.70. The molecular weight excluding hydrogens is 450 g/mol. The van der Waals surface area contributed by atoms with Gasteiger partial charge in [0, 0.05) is 5.69 Å². The Morgan fingerprint density at radius 1 is 1.00 bits per heavy atom. The number of aryl methyl sites for hydroxylation is 1. The van der Waals surface area contributed by atoms with Crippen molar-refractivity contribution in [3.63, 3.8) is 0 Å². The van der Waals surface area contributed by atoms with Crippen molar-refractivity contribution in [2.75, 3.05) is 16.2 Å². The third-order valence-electron chi connectivity index (χ3n) is 4.22. The molecule has 0 heterocycles. The van der Waals surface area contributed by atoms with Crippen molar-refractivity contribution >= 4 is 50.5 Å². The maximum Gasteiger partial charge on any atom is 0.264 e. The number of carbonyl (C=O) groups is 1. The molecule has 0 radical (unpaired) electrons. The van der Waals surface area contributed by atoms with Crippen LogP contribution in [-0.4, -0.2) is 20.9 Å². The first-order valence-corrected chi connectivity index (χ1v) is 11.0. The van der Waals surface area contributed by atoms with Crippen LogP contribution in [0.3, 0.4) is 0 Å². The molecule has 0 bridgehead atoms. The fraction of sp³-hybridized carbons (Fsp3) is 0.0952. The Morgan fingerprint density at radius 2 is 1.67 bits per heavy atom. The smallest absolute Gasteiger partial charge is 0.264 e. The van der Waals surface area contributed by atoms with E-state index in [1.165, 1.54) is 48.5 Å². The lowest BCUT2D eigenvalue weighted by Gasteiger charge is -2.24. The number of hydrogen-bond donors (Lipinski definition) is 1. The highest BCUT2D eigenvalue weighted by atomic mass is 35.5. The molecule has 0 unspecified atom stereocenters. The van der Waals surface area contributed by atoms with Crippen molar-refractivity contribution in [3.05, 3.63) is 88.2 Å². The molecular formula is C21H17Cl2FN2O3S. The van der Waals surface area contributed by atoms with Gasteiger partial charge < -0.3 is 5.32 Å². The minimum Gasteiger partial charge on any atom is -0.324 e. The van der Waals surface area contributed by atoms with Crippen molar-refractivity contribution in [3.8, 4) is 0 Å². The van der Waals surface area contributed by atoms with Gasteiger partial charge in [0.05, 0.1) is 20.6 Å². The molecule has 1 amide bonds. The lowest BCUT2D eigenvalue weighted by Crippen LogP contribution is -2.38. The van der Waals surface area contributed by atoms with Crippen LogP contribution >= 0.6 is 23.2 Å². The first kappa shape index (κ1) is 22.1. The number of benzene rings is 3. The zero-order valence-corrected chi connectivity index (χ0v) is 18.1. The first-order chi connectivity index (χ1) is 14.2. The molecule has 0 aromatic heterocycles. The SMILES string of the molecule is Cc1ccc(S(=O)(=O)N(CC(=O)Nc2ccc(Cl)c(Cl)c2)c2ccccc2F)cc1. The van der Waals surface area contributed by atoms with Crippen LogP contribution in [0.4, 0.5) is 15.8 Å². The summed E-state index contributed by atoms with van der Waals surface area (Å²) in [6, 6.07) is 15.9. The largest absolute Gasteiger partial charge is 0.324 e. The zero-order valence-electron chi connectivity index (χ0n) is 15.8. The van der Waals surface area contributed by atoms with Crippen LogP contribution in [0.5, 0.6) is 0 Å². The summed E-state index contributed by atoms with van der Waals surface area (Å²) in [5, 5.41) is 3.09. The van der Waals surface area contributed by atoms with Gasteiger partial charge in [-0.25, -0.2) is 12.8 Å². The lowest BCUT2D eigenvalue weighted by atomic mass is 10.2. The lowest BCUT2D eigenvalue weighted by molar-refractivity contribution is -0.114. The van der Waals surface area contributed by atoms with E-state index in [1.54, 1.807) is 12.1 Å². The number of rotatable bonds is 6. The van der Waals surface area contributed by atoms with Crippen LogP contribution in [0.2, 0.25) is 10.0 Å². The number of halogens is 3. The minimum atomic E-state index is -4.21. The van der Waals surface area contributed by atoms with E-state index in [0.717, 1.165) is 15.9 Å². The van der Waals surface area contributed by atoms with Crippen LogP contribution in [0.25, 0.3) is 0 Å². The summed E-state index contributed by atoms with van der Waals surface area (Å²) < 4.78 is 41.6. The van der Waals surface area contributed by atoms with Gasteiger partial charge in [0.15, 0.2) is 0 Å². The average molecular weight is 467 g/mol. The van der Waals surface area contributed by atoms with Gasteiger partial charge in [-0.15, -0.1) is 0 Å². The van der Waals surface area contributed by atoms with Gasteiger partial charge >= 0.3 is 0 Å². The van der Waals surface area contributed by atoms with Gasteiger partial charge in [0.2, 0.25) is 5.91 Å². The zero-order chi connectivity index (χ0) is 21.9. The molecule has 0 spiro atoms. The maximum atomic E-state index is 14.5. The monoisotopic (exact) mass is 466 g/mol. The van der Waals surface area contributed by atoms with Gasteiger partial charge in [-0.2, -0.15) is 0 Å². The number of carbonyl (C=O) groups excluding carboxylic acids is 1. The van der Waals surface area contributed by atoms with Crippen molar-refractivity contribution < 1.29 is 17.6 Å². The van der Waals surface area contributed by atoms with E-state index in [1.807, 2.05) is 6.92 Å². The van der Waals surface area contributed by atoms with Crippen molar-refractivity contribution in [2.45, 2.75) is 11.8 Å². The highest BCUT2D eigenvalue weighted by molar-refractivity contribution is 7.92. The molecule has 5 nitrogen and oxygen atoms in total. The summed E-state index contributed by atoms with van der Waals surface area (Å²) in [5.74, 6) is -1.44. The van der Waals surface area contributed by atoms with E-state index >= 15 is 0 Å². The van der Waals surface area contributed by atoms with Gasteiger partial charge in [-0.3, -0.25) is 9.10 Å². The van der Waals surface area contributed by atoms with Crippen molar-refractivity contribution in [1.29, 1.82) is 0 Å². The molecule has 30 heavy (non-hydrogen) atoms. The second-order valence-corrected chi connectivity index (χ2v) is 9.13. The standard InChI is InChI=1S/C21H17Cl2FN2O3S/c1-14-6-9-16(10-7-14)30(28,29)26(20-5-3-2-4-19(20)24)13-21(27)25-15-8-11-17(22)18(23)12-15/h2-12H,13H2,1H3,(H,25,27). The Labute approximate surface area is 184 Å². The molecule has 1 N–H and O–H groups in total. The minimum absolute atomic E-state index is 0.0568. The molecule has 3 aromatic carbocycles. The Hall–Kier alpha value is -2.61. The Kier molecular flexibility index (Phi) is 6.65. The van der Waals surface area contributed by atoms with Gasteiger partial charge in [0.25, 0.3) is 10.0 Å². The second kappa shape index (κ2) is 9.04. The third kappa shape index (κ3) is 4.92. The second-order valence-electron chi connectivity index (χ2n) is 6.45. The van der Waals surface area contributed by atoms with Crippen LogP contribution in [-0.2, 0) is 14.8 Å². The molecule has 0 aliphatic carbocycles. The molecule has 3 rings (SSSR count). The Bertz CT molecular complexity index is 1190. The summed E-state index contributed by atoms with van der Waals surface area (Å²) in [5.41, 5.74) is 0.960. The molecule has 0 aliphatic heterocycles. The summed E-state index contributed by atoms with van der Waals surface area (Å²) in [6.45, 7) is 1.17. The third-order valence-corrected chi connectivity index (χ3v) is 6.73. The quantitative estimate of drug-likeness (QED) is 0.537. The highest BCUT2D eigenvalue weighted by Crippen LogP contribution is 2.28. The summed E-state index contributed by atoms with van der Waals surface area (Å²) in [6.07, 6.45) is 0. The van der Waals surface area contributed by atoms with E-state index in [2.05, 4.69) is 5.32 Å². The van der Waals surface area contributed by atoms with Gasteiger partial charge in [-0.1, -0.05) is 53.0 Å². The number of para-hydroxylation sites is 1. The molecule has 156 valence electrons. The molecule has 0 saturated carbocycles. The normalized spacial score (nSPS) is 11.2. The number of nitrogens with one attached hydrogen (secondary N) is 1. The maximum absolute atomic E-state index is 14.5. The number of anilines is 2. The Balaban J connectivity index is 1.95. The fourth-order valence-corrected chi connectivity index (χ4v) is 4.42. The molecule has 0 saturated heterocycles. The molecule has 0 aliphatic rings. The van der Waals surface area contributed by atoms with E-state index in [9.17, 15) is 17.6 Å². The predicted molar refractivity (Wildman–Crippen MR) is 117 cm³/mol. The van der Waals surface area contributed by atoms with Crippen LogP contribution in [0.15, 0.2) is 71.6 Å².